The minimum absolute atomic E-state index is 0.0183. The molecule has 1 saturated heterocycles. The summed E-state index contributed by atoms with van der Waals surface area (Å²) in [5, 5.41) is 6.01. The van der Waals surface area contributed by atoms with Gasteiger partial charge in [0.15, 0.2) is 0 Å². The van der Waals surface area contributed by atoms with Gasteiger partial charge < -0.3 is 25.2 Å². The Bertz CT molecular complexity index is 1890. The number of aryl methyl sites for hydroxylation is 1. The smallest absolute Gasteiger partial charge is 0.410 e. The Labute approximate surface area is 316 Å². The molecule has 2 aromatic rings. The lowest BCUT2D eigenvalue weighted by molar-refractivity contribution is -0.141. The molecule has 1 saturated carbocycles. The van der Waals surface area contributed by atoms with Crippen LogP contribution >= 0.6 is 34.5 Å². The van der Waals surface area contributed by atoms with Gasteiger partial charge in [0.1, 0.15) is 33.0 Å². The van der Waals surface area contributed by atoms with Gasteiger partial charge in [-0.2, -0.15) is 0 Å². The summed E-state index contributed by atoms with van der Waals surface area (Å²) in [4.78, 5) is 70.3. The van der Waals surface area contributed by atoms with Gasteiger partial charge >= 0.3 is 6.09 Å². The van der Waals surface area contributed by atoms with E-state index in [0.717, 1.165) is 40.2 Å². The van der Waals surface area contributed by atoms with Crippen LogP contribution in [0.1, 0.15) is 67.9 Å². The molecule has 4 heterocycles. The predicted molar refractivity (Wildman–Crippen MR) is 194 cm³/mol. The predicted octanol–water partition coefficient (Wildman–Crippen LogP) is 4.10. The number of nitrogens with zero attached hydrogens (tertiary/aromatic N) is 2. The maximum Gasteiger partial charge on any atom is 0.410 e. The zero-order valence-corrected chi connectivity index (χ0v) is 31.7. The first-order valence-corrected chi connectivity index (χ1v) is 20.5. The van der Waals surface area contributed by atoms with Crippen molar-refractivity contribution in [2.24, 2.45) is 5.92 Å². The molecule has 5 unspecified atom stereocenters. The van der Waals surface area contributed by atoms with E-state index in [1.165, 1.54) is 15.9 Å². The van der Waals surface area contributed by atoms with Crippen LogP contribution in [0.3, 0.4) is 0 Å². The van der Waals surface area contributed by atoms with E-state index in [0.29, 0.717) is 50.1 Å². The van der Waals surface area contributed by atoms with Crippen molar-refractivity contribution in [2.45, 2.75) is 99.9 Å². The molecule has 52 heavy (non-hydrogen) atoms. The van der Waals surface area contributed by atoms with E-state index >= 15 is 0 Å². The van der Waals surface area contributed by atoms with Crippen LogP contribution < -0.4 is 15.4 Å². The zero-order valence-electron chi connectivity index (χ0n) is 28.6. The van der Waals surface area contributed by atoms with Crippen molar-refractivity contribution < 1.29 is 37.1 Å². The van der Waals surface area contributed by atoms with Crippen LogP contribution in [-0.4, -0.2) is 85.3 Å². The first kappa shape index (κ1) is 38.1. The third-order valence-corrected chi connectivity index (χ3v) is 13.7. The molecular formula is C35H41Cl2N5O8S2. The van der Waals surface area contributed by atoms with E-state index in [1.807, 2.05) is 31.2 Å². The maximum absolute atomic E-state index is 14.2. The first-order chi connectivity index (χ1) is 24.9. The van der Waals surface area contributed by atoms with E-state index < -0.39 is 63.5 Å². The molecule has 6 rings (SSSR count). The third kappa shape index (κ3) is 7.97. The second-order valence-corrected chi connectivity index (χ2v) is 17.4. The normalized spacial score (nSPS) is 27.1. The number of sulfonamides is 1. The highest BCUT2D eigenvalue weighted by atomic mass is 35.5. The van der Waals surface area contributed by atoms with Gasteiger partial charge in [-0.25, -0.2) is 17.9 Å². The Balaban J connectivity index is 1.24. The molecule has 0 spiro atoms. The topological polar surface area (TPSA) is 171 Å². The lowest BCUT2D eigenvalue weighted by atomic mass is 10.0. The maximum atomic E-state index is 14.2. The van der Waals surface area contributed by atoms with Gasteiger partial charge in [0.05, 0.1) is 6.54 Å². The molecule has 0 bridgehead atoms. The van der Waals surface area contributed by atoms with Gasteiger partial charge in [0.25, 0.3) is 15.9 Å². The highest BCUT2D eigenvalue weighted by Crippen LogP contribution is 2.46. The second kappa shape index (κ2) is 15.7. The molecule has 1 aromatic heterocycles. The molecule has 13 nitrogen and oxygen atoms in total. The summed E-state index contributed by atoms with van der Waals surface area (Å²) in [6.07, 6.45) is 6.99. The number of rotatable bonds is 7. The molecule has 17 heteroatoms. The van der Waals surface area contributed by atoms with E-state index in [2.05, 4.69) is 15.4 Å². The van der Waals surface area contributed by atoms with Crippen LogP contribution in [0.5, 0.6) is 0 Å². The largest absolute Gasteiger partial charge is 0.444 e. The Kier molecular flexibility index (Phi) is 11.5. The van der Waals surface area contributed by atoms with Gasteiger partial charge in [0.2, 0.25) is 18.2 Å². The van der Waals surface area contributed by atoms with Gasteiger partial charge in [-0.05, 0) is 61.8 Å². The molecule has 1 aromatic carbocycles. The summed E-state index contributed by atoms with van der Waals surface area (Å²) in [6, 6.07) is 4.82. The summed E-state index contributed by atoms with van der Waals surface area (Å²) in [7, 11) is -4.39. The number of ether oxygens (including phenoxy) is 1. The van der Waals surface area contributed by atoms with Gasteiger partial charge in [0, 0.05) is 35.3 Å². The number of carbonyl (C=O) groups is 5. The number of carbonyl (C=O) groups excluding carboxylic acids is 5. The van der Waals surface area contributed by atoms with E-state index in [-0.39, 0.29) is 35.2 Å². The Morgan fingerprint density at radius 3 is 2.75 bits per heavy atom. The Morgan fingerprint density at radius 2 is 2.00 bits per heavy atom. The fraction of sp³-hybridized carbons (Fsp3) is 0.514. The molecule has 3 N–H and O–H groups in total. The standard InChI is InChI=1S/C35H41Cl2N5O8S2/c1-2-24-16-29(30(37)51-24)52(48,49)40-33(46)35-17-22(35)10-6-4-3-5-7-12-27(38-20-43)32(45)42-19-23(15-28(42)31(44)39-35)50-34(47)41-14-13-25-21(18-41)9-8-11-26(25)36/h6,8-11,16,20,22-23,27-28H,2-5,7,12-15,17-19H2,1H3,(H,38,43)(H,39,44)(H,40,46)/b10-6-. The van der Waals surface area contributed by atoms with Crippen molar-refractivity contribution >= 4 is 74.8 Å². The quantitative estimate of drug-likeness (QED) is 0.278. The average Bonchev–Trinajstić information content (AvgIpc) is 3.41. The third-order valence-electron chi connectivity index (χ3n) is 10.2. The Morgan fingerprint density at radius 1 is 1.19 bits per heavy atom. The van der Waals surface area contributed by atoms with E-state index in [1.54, 1.807) is 6.07 Å². The second-order valence-electron chi connectivity index (χ2n) is 13.6. The summed E-state index contributed by atoms with van der Waals surface area (Å²) in [5.74, 6) is -2.67. The number of hydrogen-bond acceptors (Lipinski definition) is 9. The van der Waals surface area contributed by atoms with Crippen LogP contribution in [0.25, 0.3) is 0 Å². The number of thiophene rings is 1. The lowest BCUT2D eigenvalue weighted by Crippen LogP contribution is -2.57. The van der Waals surface area contributed by atoms with Crippen molar-refractivity contribution in [3.05, 3.63) is 61.8 Å². The SMILES string of the molecule is CCc1cc(S(=O)(=O)NC(=O)C23CC2/C=C\CCCCCC(NC=O)C(=O)N2CC(OC(=O)N4CCc5c(Cl)cccc5C4)CC2C(=O)N3)c(Cl)s1. The number of hydrogen-bond donors (Lipinski definition) is 3. The number of halogens is 2. The first-order valence-electron chi connectivity index (χ1n) is 17.4. The van der Waals surface area contributed by atoms with Gasteiger partial charge in [-0.1, -0.05) is 67.3 Å². The van der Waals surface area contributed by atoms with Crippen molar-refractivity contribution in [3.63, 3.8) is 0 Å². The van der Waals surface area contributed by atoms with Crippen LogP contribution in [0, 0.1) is 5.92 Å². The number of benzene rings is 1. The number of amides is 5. The van der Waals surface area contributed by atoms with E-state index in [9.17, 15) is 32.4 Å². The average molecular weight is 795 g/mol. The highest BCUT2D eigenvalue weighted by Gasteiger charge is 2.62. The molecule has 1 aliphatic carbocycles. The van der Waals surface area contributed by atoms with Crippen molar-refractivity contribution in [2.75, 3.05) is 13.1 Å². The van der Waals surface area contributed by atoms with Crippen molar-refractivity contribution in [1.29, 1.82) is 0 Å². The van der Waals surface area contributed by atoms with Crippen LogP contribution in [0.2, 0.25) is 9.36 Å². The summed E-state index contributed by atoms with van der Waals surface area (Å²) in [6.45, 7) is 2.38. The summed E-state index contributed by atoms with van der Waals surface area (Å²) >= 11 is 13.7. The summed E-state index contributed by atoms with van der Waals surface area (Å²) < 4.78 is 34.8. The zero-order chi connectivity index (χ0) is 37.2. The highest BCUT2D eigenvalue weighted by molar-refractivity contribution is 7.90. The minimum Gasteiger partial charge on any atom is -0.444 e. The number of fused-ring (bicyclic) bond motifs is 3. The molecule has 5 atom stereocenters. The summed E-state index contributed by atoms with van der Waals surface area (Å²) in [5.41, 5.74) is 0.250. The molecule has 3 aliphatic heterocycles. The van der Waals surface area contributed by atoms with Crippen molar-refractivity contribution in [3.8, 4) is 0 Å². The lowest BCUT2D eigenvalue weighted by Gasteiger charge is -2.30. The monoisotopic (exact) mass is 793 g/mol. The van der Waals surface area contributed by atoms with Crippen LogP contribution in [0.4, 0.5) is 4.79 Å². The Hall–Kier alpha value is -3.66. The number of nitrogens with one attached hydrogen (secondary N) is 3. The van der Waals surface area contributed by atoms with E-state index in [4.69, 9.17) is 27.9 Å². The fourth-order valence-electron chi connectivity index (χ4n) is 7.23. The molecular weight excluding hydrogens is 753 g/mol. The molecule has 5 amide bonds. The minimum atomic E-state index is -4.39. The number of allylic oxidation sites excluding steroid dienone is 1. The van der Waals surface area contributed by atoms with Crippen LogP contribution in [0.15, 0.2) is 41.3 Å². The van der Waals surface area contributed by atoms with Crippen LogP contribution in [-0.2, 0) is 53.3 Å². The van der Waals surface area contributed by atoms with Crippen molar-refractivity contribution in [1.82, 2.24) is 25.2 Å². The van der Waals surface area contributed by atoms with Gasteiger partial charge in [-0.3, -0.25) is 19.2 Å². The van der Waals surface area contributed by atoms with Gasteiger partial charge in [-0.15, -0.1) is 11.3 Å². The molecule has 0 radical (unpaired) electrons. The fourth-order valence-corrected chi connectivity index (χ4v) is 10.5. The molecule has 4 aliphatic rings. The molecule has 2 fully saturated rings. The molecule has 280 valence electrons.